The first kappa shape index (κ1) is 15.5. The number of rotatable bonds is 4. The smallest absolute Gasteiger partial charge is 0.326 e. The van der Waals surface area contributed by atoms with Gasteiger partial charge < -0.3 is 10.2 Å². The first-order chi connectivity index (χ1) is 9.93. The third-order valence-corrected chi connectivity index (χ3v) is 4.31. The number of thiocarbonyl (C=S) groups is 1. The second-order valence-corrected chi connectivity index (χ2v) is 6.08. The molecule has 1 saturated heterocycles. The van der Waals surface area contributed by atoms with Gasteiger partial charge >= 0.3 is 5.97 Å². The molecule has 2 N–H and O–H groups in total. The van der Waals surface area contributed by atoms with Gasteiger partial charge in [-0.3, -0.25) is 9.69 Å². The molecule has 1 unspecified atom stereocenters. The summed E-state index contributed by atoms with van der Waals surface area (Å²) in [4.78, 5) is 25.0. The van der Waals surface area contributed by atoms with Crippen molar-refractivity contribution in [3.63, 3.8) is 0 Å². The standard InChI is InChI=1S/C14H13NO4S2/c1-2-10(13(18)19)15-12(17)11(21-14(15)20)7-8-4-3-5-9(16)6-8/h3-7,10,16H,2H2,1H3,(H,18,19)/b11-7-. The Morgan fingerprint density at radius 1 is 1.52 bits per heavy atom. The van der Waals surface area contributed by atoms with E-state index in [0.717, 1.165) is 16.7 Å². The molecule has 1 aromatic carbocycles. The zero-order valence-corrected chi connectivity index (χ0v) is 12.8. The van der Waals surface area contributed by atoms with E-state index in [9.17, 15) is 14.7 Å². The van der Waals surface area contributed by atoms with Crippen molar-refractivity contribution in [2.75, 3.05) is 0 Å². The summed E-state index contributed by atoms with van der Waals surface area (Å²) in [5.74, 6) is -1.40. The number of nitrogens with zero attached hydrogens (tertiary/aromatic N) is 1. The number of carboxylic acid groups (broad SMARTS) is 1. The first-order valence-electron chi connectivity index (χ1n) is 6.23. The predicted octanol–water partition coefficient (Wildman–Crippen LogP) is 2.46. The van der Waals surface area contributed by atoms with Crippen LogP contribution in [0.25, 0.3) is 6.08 Å². The number of amides is 1. The van der Waals surface area contributed by atoms with Crippen LogP contribution in [0.3, 0.4) is 0 Å². The van der Waals surface area contributed by atoms with E-state index in [1.54, 1.807) is 25.1 Å². The van der Waals surface area contributed by atoms with Crippen molar-refractivity contribution >= 4 is 46.3 Å². The van der Waals surface area contributed by atoms with E-state index in [0.29, 0.717) is 10.5 Å². The Bertz CT molecular complexity index is 642. The molecule has 0 aliphatic carbocycles. The summed E-state index contributed by atoms with van der Waals surface area (Å²) < 4.78 is 0.237. The largest absolute Gasteiger partial charge is 0.508 e. The van der Waals surface area contributed by atoms with E-state index >= 15 is 0 Å². The first-order valence-corrected chi connectivity index (χ1v) is 7.45. The van der Waals surface area contributed by atoms with Gasteiger partial charge in [0.25, 0.3) is 5.91 Å². The van der Waals surface area contributed by atoms with Crippen LogP contribution >= 0.6 is 24.0 Å². The molecule has 0 radical (unpaired) electrons. The Balaban J connectivity index is 2.31. The second-order valence-electron chi connectivity index (χ2n) is 4.41. The van der Waals surface area contributed by atoms with Crippen molar-refractivity contribution in [3.05, 3.63) is 34.7 Å². The van der Waals surface area contributed by atoms with Crippen LogP contribution in [0.1, 0.15) is 18.9 Å². The molecule has 0 bridgehead atoms. The van der Waals surface area contributed by atoms with Gasteiger partial charge in [0.05, 0.1) is 4.91 Å². The summed E-state index contributed by atoms with van der Waals surface area (Å²) in [5, 5.41) is 18.6. The van der Waals surface area contributed by atoms with Gasteiger partial charge in [-0.1, -0.05) is 43.0 Å². The van der Waals surface area contributed by atoms with Gasteiger partial charge in [-0.15, -0.1) is 0 Å². The number of aliphatic carboxylic acids is 1. The van der Waals surface area contributed by atoms with Gasteiger partial charge in [0, 0.05) is 0 Å². The van der Waals surface area contributed by atoms with Crippen LogP contribution in [0.2, 0.25) is 0 Å². The maximum atomic E-state index is 12.3. The van der Waals surface area contributed by atoms with Gasteiger partial charge in [0.15, 0.2) is 0 Å². The van der Waals surface area contributed by atoms with Crippen molar-refractivity contribution in [2.45, 2.75) is 19.4 Å². The zero-order valence-electron chi connectivity index (χ0n) is 11.1. The molecule has 7 heteroatoms. The van der Waals surface area contributed by atoms with Gasteiger partial charge in [0.2, 0.25) is 0 Å². The maximum absolute atomic E-state index is 12.3. The summed E-state index contributed by atoms with van der Waals surface area (Å²) in [5.41, 5.74) is 0.652. The second kappa shape index (κ2) is 6.28. The molecule has 1 aliphatic heterocycles. The van der Waals surface area contributed by atoms with E-state index in [-0.39, 0.29) is 16.5 Å². The highest BCUT2D eigenvalue weighted by atomic mass is 32.2. The molecule has 1 aliphatic rings. The average Bonchev–Trinajstić information content (AvgIpc) is 2.67. The van der Waals surface area contributed by atoms with Crippen LogP contribution in [0.5, 0.6) is 5.75 Å². The molecule has 1 atom stereocenters. The molecule has 2 rings (SSSR count). The molecule has 110 valence electrons. The third-order valence-electron chi connectivity index (χ3n) is 2.97. The van der Waals surface area contributed by atoms with Crippen LogP contribution < -0.4 is 0 Å². The molecule has 21 heavy (non-hydrogen) atoms. The molecule has 0 saturated carbocycles. The summed E-state index contributed by atoms with van der Waals surface area (Å²) in [6.45, 7) is 1.69. The van der Waals surface area contributed by atoms with E-state index in [1.807, 2.05) is 0 Å². The van der Waals surface area contributed by atoms with Crippen molar-refractivity contribution < 1.29 is 19.8 Å². The lowest BCUT2D eigenvalue weighted by atomic mass is 10.1. The van der Waals surface area contributed by atoms with Crippen molar-refractivity contribution in [1.82, 2.24) is 4.90 Å². The Morgan fingerprint density at radius 2 is 2.24 bits per heavy atom. The van der Waals surface area contributed by atoms with E-state index < -0.39 is 17.9 Å². The zero-order chi connectivity index (χ0) is 15.6. The average molecular weight is 323 g/mol. The molecule has 0 aromatic heterocycles. The molecule has 1 aromatic rings. The monoisotopic (exact) mass is 323 g/mol. The van der Waals surface area contributed by atoms with Crippen LogP contribution in [-0.2, 0) is 9.59 Å². The van der Waals surface area contributed by atoms with Crippen LogP contribution in [0, 0.1) is 0 Å². The minimum atomic E-state index is -1.08. The highest BCUT2D eigenvalue weighted by Gasteiger charge is 2.39. The Kier molecular flexibility index (Phi) is 4.64. The van der Waals surface area contributed by atoms with E-state index in [2.05, 4.69) is 0 Å². The molecular weight excluding hydrogens is 310 g/mol. The Hall–Kier alpha value is -1.86. The summed E-state index contributed by atoms with van der Waals surface area (Å²) in [6.07, 6.45) is 1.87. The number of thioether (sulfide) groups is 1. The lowest BCUT2D eigenvalue weighted by Crippen LogP contribution is -2.43. The Labute approximate surface area is 131 Å². The number of hydrogen-bond donors (Lipinski definition) is 2. The van der Waals surface area contributed by atoms with E-state index in [4.69, 9.17) is 17.3 Å². The SMILES string of the molecule is CCC(C(=O)O)N1C(=O)/C(=C/c2cccc(O)c2)SC1=S. The minimum absolute atomic E-state index is 0.0937. The highest BCUT2D eigenvalue weighted by Crippen LogP contribution is 2.34. The fourth-order valence-corrected chi connectivity index (χ4v) is 3.34. The molecule has 5 nitrogen and oxygen atoms in total. The normalized spacial score (nSPS) is 18.3. The number of carbonyl (C=O) groups is 2. The van der Waals surface area contributed by atoms with Gasteiger partial charge in [-0.05, 0) is 30.2 Å². The lowest BCUT2D eigenvalue weighted by Gasteiger charge is -2.21. The fourth-order valence-electron chi connectivity index (χ4n) is 1.98. The molecule has 0 spiro atoms. The fraction of sp³-hybridized carbons (Fsp3) is 0.214. The van der Waals surface area contributed by atoms with Crippen molar-refractivity contribution in [2.24, 2.45) is 0 Å². The number of phenolic OH excluding ortho intramolecular Hbond substituents is 1. The van der Waals surface area contributed by atoms with Crippen LogP contribution in [0.4, 0.5) is 0 Å². The number of aromatic hydroxyl groups is 1. The molecular formula is C14H13NO4S2. The summed E-state index contributed by atoms with van der Waals surface area (Å²) in [7, 11) is 0. The third kappa shape index (κ3) is 3.25. The maximum Gasteiger partial charge on any atom is 0.326 e. The number of benzene rings is 1. The van der Waals surface area contributed by atoms with Gasteiger partial charge in [0.1, 0.15) is 16.1 Å². The van der Waals surface area contributed by atoms with Crippen molar-refractivity contribution in [3.8, 4) is 5.75 Å². The number of hydrogen-bond acceptors (Lipinski definition) is 5. The number of carbonyl (C=O) groups excluding carboxylic acids is 1. The quantitative estimate of drug-likeness (QED) is 0.655. The minimum Gasteiger partial charge on any atom is -0.508 e. The van der Waals surface area contributed by atoms with Crippen molar-refractivity contribution in [1.29, 1.82) is 0 Å². The lowest BCUT2D eigenvalue weighted by molar-refractivity contribution is -0.145. The van der Waals surface area contributed by atoms with Crippen LogP contribution in [-0.4, -0.2) is 37.4 Å². The van der Waals surface area contributed by atoms with Gasteiger partial charge in [-0.25, -0.2) is 4.79 Å². The predicted molar refractivity (Wildman–Crippen MR) is 84.8 cm³/mol. The summed E-state index contributed by atoms with van der Waals surface area (Å²) in [6, 6.07) is 5.49. The molecule has 1 heterocycles. The number of carboxylic acids is 1. The van der Waals surface area contributed by atoms with Crippen LogP contribution in [0.15, 0.2) is 29.2 Å². The molecule has 1 amide bonds. The summed E-state index contributed by atoms with van der Waals surface area (Å²) >= 11 is 6.18. The van der Waals surface area contributed by atoms with Gasteiger partial charge in [-0.2, -0.15) is 0 Å². The molecule has 1 fully saturated rings. The highest BCUT2D eigenvalue weighted by molar-refractivity contribution is 8.26. The Morgan fingerprint density at radius 3 is 2.81 bits per heavy atom. The topological polar surface area (TPSA) is 77.8 Å². The van der Waals surface area contributed by atoms with E-state index in [1.165, 1.54) is 12.1 Å². The number of phenols is 1.